The lowest BCUT2D eigenvalue weighted by atomic mass is 10.00. The van der Waals surface area contributed by atoms with Gasteiger partial charge in [-0.2, -0.15) is 0 Å². The fourth-order valence-corrected chi connectivity index (χ4v) is 8.54. The summed E-state index contributed by atoms with van der Waals surface area (Å²) in [6, 6.07) is 0. The van der Waals surface area contributed by atoms with Gasteiger partial charge in [0.1, 0.15) is 13.2 Å². The summed E-state index contributed by atoms with van der Waals surface area (Å²) in [5, 5.41) is 0. The van der Waals surface area contributed by atoms with E-state index in [2.05, 4.69) is 27.7 Å². The standard InChI is InChI=1S/C56H108O6/c1-5-8-10-12-14-16-18-20-22-23-24-25-27-29-31-33-35-40-44-48-55(58)61-51-53(62-56(59)49-45-41-37-36-38-42-46-52(4)7-3)50-60-54(57)47-43-39-34-32-30-28-26-21-19-17-15-13-11-9-6-2/h52-53H,5-51H2,1-4H3/t52?,53-/m1/s1. The van der Waals surface area contributed by atoms with Crippen molar-refractivity contribution in [3.63, 3.8) is 0 Å². The maximum Gasteiger partial charge on any atom is 0.306 e. The quantitative estimate of drug-likeness (QED) is 0.0344. The van der Waals surface area contributed by atoms with Gasteiger partial charge in [-0.3, -0.25) is 14.4 Å². The number of unbranched alkanes of at least 4 members (excludes halogenated alkanes) is 37. The van der Waals surface area contributed by atoms with Crippen molar-refractivity contribution in [1.82, 2.24) is 0 Å². The zero-order valence-corrected chi connectivity index (χ0v) is 42.3. The van der Waals surface area contributed by atoms with E-state index in [-0.39, 0.29) is 31.1 Å². The van der Waals surface area contributed by atoms with E-state index in [0.29, 0.717) is 19.3 Å². The molecule has 0 heterocycles. The molecule has 0 spiro atoms. The third-order valence-corrected chi connectivity index (χ3v) is 13.2. The van der Waals surface area contributed by atoms with E-state index in [1.807, 2.05) is 0 Å². The van der Waals surface area contributed by atoms with Gasteiger partial charge < -0.3 is 14.2 Å². The summed E-state index contributed by atoms with van der Waals surface area (Å²) in [5.74, 6) is -0.0336. The Balaban J connectivity index is 4.22. The van der Waals surface area contributed by atoms with Crippen LogP contribution in [0.25, 0.3) is 0 Å². The first-order valence-electron chi connectivity index (χ1n) is 27.9. The molecule has 6 nitrogen and oxygen atoms in total. The lowest BCUT2D eigenvalue weighted by Gasteiger charge is -2.18. The second kappa shape index (κ2) is 50.4. The summed E-state index contributed by atoms with van der Waals surface area (Å²) in [4.78, 5) is 38.0. The normalized spacial score (nSPS) is 12.4. The van der Waals surface area contributed by atoms with Crippen molar-refractivity contribution in [3.8, 4) is 0 Å². The van der Waals surface area contributed by atoms with Crippen molar-refractivity contribution < 1.29 is 28.6 Å². The molecule has 0 aromatic carbocycles. The van der Waals surface area contributed by atoms with Gasteiger partial charge in [-0.25, -0.2) is 0 Å². The smallest absolute Gasteiger partial charge is 0.306 e. The van der Waals surface area contributed by atoms with Crippen LogP contribution < -0.4 is 0 Å². The molecule has 0 bridgehead atoms. The second-order valence-corrected chi connectivity index (χ2v) is 19.5. The Morgan fingerprint density at radius 2 is 0.565 bits per heavy atom. The van der Waals surface area contributed by atoms with Crippen LogP contribution in [0, 0.1) is 5.92 Å². The lowest BCUT2D eigenvalue weighted by molar-refractivity contribution is -0.167. The molecule has 1 unspecified atom stereocenters. The number of hydrogen-bond donors (Lipinski definition) is 0. The Kier molecular flexibility index (Phi) is 49.1. The lowest BCUT2D eigenvalue weighted by Crippen LogP contribution is -2.30. The number of esters is 3. The molecule has 62 heavy (non-hydrogen) atoms. The molecule has 0 amide bonds. The molecule has 0 aromatic heterocycles. The highest BCUT2D eigenvalue weighted by Gasteiger charge is 2.19. The first-order chi connectivity index (χ1) is 30.4. The largest absolute Gasteiger partial charge is 0.462 e. The van der Waals surface area contributed by atoms with E-state index < -0.39 is 6.10 Å². The summed E-state index contributed by atoms with van der Waals surface area (Å²) in [6.45, 7) is 9.02. The Labute approximate surface area is 387 Å². The molecule has 6 heteroatoms. The van der Waals surface area contributed by atoms with Gasteiger partial charge in [0, 0.05) is 19.3 Å². The minimum atomic E-state index is -0.762. The van der Waals surface area contributed by atoms with Gasteiger partial charge in [0.25, 0.3) is 0 Å². The highest BCUT2D eigenvalue weighted by atomic mass is 16.6. The molecule has 0 aliphatic heterocycles. The third-order valence-electron chi connectivity index (χ3n) is 13.2. The van der Waals surface area contributed by atoms with Crippen molar-refractivity contribution in [2.45, 2.75) is 323 Å². The van der Waals surface area contributed by atoms with Crippen molar-refractivity contribution >= 4 is 17.9 Å². The van der Waals surface area contributed by atoms with Crippen LogP contribution in [0.4, 0.5) is 0 Å². The summed E-state index contributed by atoms with van der Waals surface area (Å²) in [7, 11) is 0. The predicted octanol–water partition coefficient (Wildman–Crippen LogP) is 18.2. The molecular formula is C56H108O6. The van der Waals surface area contributed by atoms with Crippen LogP contribution in [0.15, 0.2) is 0 Å². The van der Waals surface area contributed by atoms with E-state index in [4.69, 9.17) is 14.2 Å². The number of hydrogen-bond acceptors (Lipinski definition) is 6. The van der Waals surface area contributed by atoms with Gasteiger partial charge >= 0.3 is 17.9 Å². The van der Waals surface area contributed by atoms with Crippen molar-refractivity contribution in [2.24, 2.45) is 5.92 Å². The third kappa shape index (κ3) is 47.9. The van der Waals surface area contributed by atoms with Crippen LogP contribution in [-0.2, 0) is 28.6 Å². The molecule has 0 N–H and O–H groups in total. The van der Waals surface area contributed by atoms with Gasteiger partial charge in [-0.15, -0.1) is 0 Å². The first-order valence-corrected chi connectivity index (χ1v) is 27.9. The molecule has 0 saturated heterocycles. The fourth-order valence-electron chi connectivity index (χ4n) is 8.54. The van der Waals surface area contributed by atoms with Crippen LogP contribution in [0.3, 0.4) is 0 Å². The van der Waals surface area contributed by atoms with Gasteiger partial charge in [0.05, 0.1) is 0 Å². The van der Waals surface area contributed by atoms with Crippen molar-refractivity contribution in [3.05, 3.63) is 0 Å². The molecule has 0 rings (SSSR count). The molecule has 2 atom stereocenters. The van der Waals surface area contributed by atoms with Crippen LogP contribution >= 0.6 is 0 Å². The topological polar surface area (TPSA) is 78.9 Å². The first kappa shape index (κ1) is 60.4. The Morgan fingerprint density at radius 3 is 0.839 bits per heavy atom. The van der Waals surface area contributed by atoms with Gasteiger partial charge in [0.2, 0.25) is 0 Å². The second-order valence-electron chi connectivity index (χ2n) is 19.5. The zero-order valence-electron chi connectivity index (χ0n) is 42.3. The molecule has 0 fully saturated rings. The summed E-state index contributed by atoms with van der Waals surface area (Å²) >= 11 is 0. The SMILES string of the molecule is CCCCCCCCCCCCCCCCCCCCCC(=O)OC[C@@H](COC(=O)CCCCCCCCCCCCCCCCC)OC(=O)CCCCCCCCC(C)CC. The minimum Gasteiger partial charge on any atom is -0.462 e. The van der Waals surface area contributed by atoms with Crippen LogP contribution in [0.2, 0.25) is 0 Å². The number of rotatable bonds is 51. The van der Waals surface area contributed by atoms with Crippen molar-refractivity contribution in [1.29, 1.82) is 0 Å². The molecule has 0 aliphatic rings. The summed E-state index contributed by atoms with van der Waals surface area (Å²) in [6.07, 6.45) is 53.8. The van der Waals surface area contributed by atoms with Crippen molar-refractivity contribution in [2.75, 3.05) is 13.2 Å². The van der Waals surface area contributed by atoms with E-state index >= 15 is 0 Å². The van der Waals surface area contributed by atoms with Gasteiger partial charge in [-0.05, 0) is 25.2 Å². The molecule has 0 aliphatic carbocycles. The average molecular weight is 877 g/mol. The minimum absolute atomic E-state index is 0.0634. The van der Waals surface area contributed by atoms with Gasteiger partial charge in [-0.1, -0.05) is 278 Å². The molecule has 0 aromatic rings. The van der Waals surface area contributed by atoms with E-state index in [1.54, 1.807) is 0 Å². The van der Waals surface area contributed by atoms with Crippen LogP contribution in [0.5, 0.6) is 0 Å². The van der Waals surface area contributed by atoms with Crippen LogP contribution in [0.1, 0.15) is 317 Å². The summed E-state index contributed by atoms with van der Waals surface area (Å²) in [5.41, 5.74) is 0. The van der Waals surface area contributed by atoms with E-state index in [0.717, 1.165) is 63.7 Å². The average Bonchev–Trinajstić information content (AvgIpc) is 3.27. The van der Waals surface area contributed by atoms with Gasteiger partial charge in [0.15, 0.2) is 6.10 Å². The zero-order chi connectivity index (χ0) is 45.2. The molecular weight excluding hydrogens is 769 g/mol. The molecule has 0 radical (unpaired) electrons. The highest BCUT2D eigenvalue weighted by Crippen LogP contribution is 2.18. The van der Waals surface area contributed by atoms with E-state index in [1.165, 1.54) is 212 Å². The monoisotopic (exact) mass is 877 g/mol. The fraction of sp³-hybridized carbons (Fsp3) is 0.946. The van der Waals surface area contributed by atoms with Crippen LogP contribution in [-0.4, -0.2) is 37.2 Å². The summed E-state index contributed by atoms with van der Waals surface area (Å²) < 4.78 is 16.8. The predicted molar refractivity (Wildman–Crippen MR) is 266 cm³/mol. The van der Waals surface area contributed by atoms with E-state index in [9.17, 15) is 14.4 Å². The number of carbonyl (C=O) groups is 3. The highest BCUT2D eigenvalue weighted by molar-refractivity contribution is 5.71. The number of carbonyl (C=O) groups excluding carboxylic acids is 3. The Hall–Kier alpha value is -1.59. The molecule has 368 valence electrons. The maximum atomic E-state index is 12.8. The maximum absolute atomic E-state index is 12.8. The Bertz CT molecular complexity index is 935. The molecule has 0 saturated carbocycles. The Morgan fingerprint density at radius 1 is 0.323 bits per heavy atom. The number of ether oxygens (including phenoxy) is 3.